The molecule has 0 aliphatic carbocycles. The third-order valence-electron chi connectivity index (χ3n) is 5.02. The molecule has 0 aromatic heterocycles. The summed E-state index contributed by atoms with van der Waals surface area (Å²) in [6.07, 6.45) is 2.71. The smallest absolute Gasteiger partial charge is 0.278 e. The predicted molar refractivity (Wildman–Crippen MR) is 101 cm³/mol. The first-order chi connectivity index (χ1) is 12.5. The minimum Gasteiger partial charge on any atom is -0.496 e. The lowest BCUT2D eigenvalue weighted by molar-refractivity contribution is -0.137. The van der Waals surface area contributed by atoms with Gasteiger partial charge in [-0.3, -0.25) is 14.5 Å². The van der Waals surface area contributed by atoms with Crippen LogP contribution >= 0.6 is 0 Å². The van der Waals surface area contributed by atoms with Gasteiger partial charge < -0.3 is 9.64 Å². The highest BCUT2D eigenvalue weighted by Crippen LogP contribution is 2.38. The molecule has 0 bridgehead atoms. The third kappa shape index (κ3) is 3.14. The van der Waals surface area contributed by atoms with Gasteiger partial charge in [-0.15, -0.1) is 6.58 Å². The van der Waals surface area contributed by atoms with Gasteiger partial charge in [0.1, 0.15) is 11.4 Å². The molecule has 0 saturated carbocycles. The molecule has 1 aromatic rings. The number of carbonyl (C=O) groups is 2. The maximum absolute atomic E-state index is 13.1. The highest BCUT2D eigenvalue weighted by atomic mass is 16.5. The molecule has 1 fully saturated rings. The van der Waals surface area contributed by atoms with Gasteiger partial charge in [0.25, 0.3) is 11.8 Å². The van der Waals surface area contributed by atoms with Crippen molar-refractivity contribution in [1.29, 1.82) is 0 Å². The van der Waals surface area contributed by atoms with E-state index in [1.807, 2.05) is 24.3 Å². The van der Waals surface area contributed by atoms with E-state index in [4.69, 9.17) is 4.74 Å². The fourth-order valence-electron chi connectivity index (χ4n) is 4.09. The van der Waals surface area contributed by atoms with Crippen molar-refractivity contribution < 1.29 is 14.3 Å². The Balaban J connectivity index is 2.15. The molecule has 138 valence electrons. The highest BCUT2D eigenvalue weighted by molar-refractivity contribution is 6.36. The topological polar surface area (TPSA) is 49.9 Å². The number of methoxy groups -OCH3 is 1. The molecule has 2 aliphatic heterocycles. The molecule has 2 amide bonds. The summed E-state index contributed by atoms with van der Waals surface area (Å²) in [7, 11) is 1.58. The van der Waals surface area contributed by atoms with Crippen LogP contribution < -0.4 is 4.74 Å². The van der Waals surface area contributed by atoms with E-state index in [2.05, 4.69) is 25.3 Å². The first-order valence-electron chi connectivity index (χ1n) is 9.07. The summed E-state index contributed by atoms with van der Waals surface area (Å²) in [5, 5.41) is 0. The van der Waals surface area contributed by atoms with Crippen LogP contribution in [0.1, 0.15) is 25.8 Å². The van der Waals surface area contributed by atoms with Crippen LogP contribution in [0.15, 0.2) is 42.6 Å². The molecule has 1 saturated heterocycles. The van der Waals surface area contributed by atoms with Crippen molar-refractivity contribution in [3.63, 3.8) is 0 Å². The Morgan fingerprint density at radius 2 is 1.81 bits per heavy atom. The minimum absolute atomic E-state index is 0.207. The Morgan fingerprint density at radius 3 is 2.42 bits per heavy atom. The van der Waals surface area contributed by atoms with E-state index in [1.54, 1.807) is 13.2 Å². The SMILES string of the molecule is C=CCN1C(=O)C(c2ccccc2OC)=C(N2CC(C)CC(C)C2)C1=O. The molecule has 5 nitrogen and oxygen atoms in total. The Kier molecular flexibility index (Phi) is 5.16. The second kappa shape index (κ2) is 7.36. The molecule has 1 aromatic carbocycles. The van der Waals surface area contributed by atoms with Crippen LogP contribution in [0.25, 0.3) is 5.57 Å². The number of ether oxygens (including phenoxy) is 1. The quantitative estimate of drug-likeness (QED) is 0.603. The maximum Gasteiger partial charge on any atom is 0.278 e. The molecule has 2 unspecified atom stereocenters. The number of hydrogen-bond donors (Lipinski definition) is 0. The summed E-state index contributed by atoms with van der Waals surface area (Å²) in [5.41, 5.74) is 1.61. The van der Waals surface area contributed by atoms with Crippen LogP contribution in [-0.2, 0) is 9.59 Å². The number of nitrogens with zero attached hydrogens (tertiary/aromatic N) is 2. The molecule has 0 spiro atoms. The van der Waals surface area contributed by atoms with E-state index in [1.165, 1.54) is 4.90 Å². The normalized spacial score (nSPS) is 23.7. The van der Waals surface area contributed by atoms with Crippen LogP contribution in [-0.4, -0.2) is 48.4 Å². The van der Waals surface area contributed by atoms with E-state index in [0.29, 0.717) is 34.4 Å². The second-order valence-corrected chi connectivity index (χ2v) is 7.28. The van der Waals surface area contributed by atoms with E-state index < -0.39 is 0 Å². The van der Waals surface area contributed by atoms with Crippen LogP contribution in [0, 0.1) is 11.8 Å². The number of carbonyl (C=O) groups excluding carboxylic acids is 2. The number of amides is 2. The van der Waals surface area contributed by atoms with Crippen LogP contribution in [0.4, 0.5) is 0 Å². The molecular weight excluding hydrogens is 328 g/mol. The standard InChI is InChI=1S/C21H26N2O3/c1-5-10-23-20(24)18(16-8-6-7-9-17(16)26-4)19(21(23)25)22-12-14(2)11-15(3)13-22/h5-9,14-15H,1,10-13H2,2-4H3. The zero-order chi connectivity index (χ0) is 18.8. The van der Waals surface area contributed by atoms with Crippen molar-refractivity contribution in [3.05, 3.63) is 48.2 Å². The van der Waals surface area contributed by atoms with Gasteiger partial charge in [0.15, 0.2) is 0 Å². The Hall–Kier alpha value is -2.56. The van der Waals surface area contributed by atoms with Gasteiger partial charge in [-0.05, 0) is 24.3 Å². The average Bonchev–Trinajstić information content (AvgIpc) is 2.85. The van der Waals surface area contributed by atoms with Crippen LogP contribution in [0.3, 0.4) is 0 Å². The van der Waals surface area contributed by atoms with Crippen molar-refractivity contribution in [2.24, 2.45) is 11.8 Å². The number of likely N-dealkylation sites (tertiary alicyclic amines) is 1. The molecule has 3 rings (SSSR count). The van der Waals surface area contributed by atoms with Gasteiger partial charge >= 0.3 is 0 Å². The fourth-order valence-corrected chi connectivity index (χ4v) is 4.09. The molecule has 5 heteroatoms. The molecule has 0 radical (unpaired) electrons. The largest absolute Gasteiger partial charge is 0.496 e. The lowest BCUT2D eigenvalue weighted by Gasteiger charge is -2.37. The summed E-state index contributed by atoms with van der Waals surface area (Å²) in [5.74, 6) is 1.03. The van der Waals surface area contributed by atoms with Gasteiger partial charge in [-0.2, -0.15) is 0 Å². The number of benzene rings is 1. The number of para-hydroxylation sites is 1. The highest BCUT2D eigenvalue weighted by Gasteiger charge is 2.43. The fraction of sp³-hybridized carbons (Fsp3) is 0.429. The summed E-state index contributed by atoms with van der Waals surface area (Å²) in [4.78, 5) is 29.6. The maximum atomic E-state index is 13.1. The van der Waals surface area contributed by atoms with Crippen molar-refractivity contribution in [3.8, 4) is 5.75 Å². The summed E-state index contributed by atoms with van der Waals surface area (Å²) < 4.78 is 5.46. The average molecular weight is 354 g/mol. The molecule has 2 atom stereocenters. The minimum atomic E-state index is -0.278. The van der Waals surface area contributed by atoms with Gasteiger partial charge in [-0.25, -0.2) is 0 Å². The second-order valence-electron chi connectivity index (χ2n) is 7.28. The lowest BCUT2D eigenvalue weighted by Crippen LogP contribution is -2.41. The summed E-state index contributed by atoms with van der Waals surface area (Å²) >= 11 is 0. The summed E-state index contributed by atoms with van der Waals surface area (Å²) in [6, 6.07) is 7.37. The zero-order valence-corrected chi connectivity index (χ0v) is 15.7. The number of imide groups is 1. The van der Waals surface area contributed by atoms with Crippen molar-refractivity contribution in [2.75, 3.05) is 26.7 Å². The Bertz CT molecular complexity index is 758. The van der Waals surface area contributed by atoms with Gasteiger partial charge in [0.2, 0.25) is 0 Å². The molecule has 2 aliphatic rings. The van der Waals surface area contributed by atoms with Crippen LogP contribution in [0.5, 0.6) is 5.75 Å². The first kappa shape index (κ1) is 18.2. The number of hydrogen-bond acceptors (Lipinski definition) is 4. The Labute approximate surface area is 154 Å². The van der Waals surface area contributed by atoms with Crippen molar-refractivity contribution >= 4 is 17.4 Å². The van der Waals surface area contributed by atoms with E-state index in [-0.39, 0.29) is 18.4 Å². The first-order valence-corrected chi connectivity index (χ1v) is 9.07. The predicted octanol–water partition coefficient (Wildman–Crippen LogP) is 2.94. The van der Waals surface area contributed by atoms with Crippen LogP contribution in [0.2, 0.25) is 0 Å². The third-order valence-corrected chi connectivity index (χ3v) is 5.02. The number of piperidine rings is 1. The van der Waals surface area contributed by atoms with Gasteiger partial charge in [-0.1, -0.05) is 38.1 Å². The zero-order valence-electron chi connectivity index (χ0n) is 15.7. The monoisotopic (exact) mass is 354 g/mol. The van der Waals surface area contributed by atoms with Gasteiger partial charge in [0, 0.05) is 25.2 Å². The van der Waals surface area contributed by atoms with Crippen molar-refractivity contribution in [2.45, 2.75) is 20.3 Å². The molecular formula is C21H26N2O3. The van der Waals surface area contributed by atoms with E-state index >= 15 is 0 Å². The van der Waals surface area contributed by atoms with Crippen molar-refractivity contribution in [1.82, 2.24) is 9.80 Å². The molecule has 0 N–H and O–H groups in total. The summed E-state index contributed by atoms with van der Waals surface area (Å²) in [6.45, 7) is 9.82. The molecule has 2 heterocycles. The molecule has 26 heavy (non-hydrogen) atoms. The lowest BCUT2D eigenvalue weighted by atomic mass is 9.91. The van der Waals surface area contributed by atoms with E-state index in [0.717, 1.165) is 19.5 Å². The number of rotatable bonds is 5. The van der Waals surface area contributed by atoms with E-state index in [9.17, 15) is 9.59 Å². The Morgan fingerprint density at radius 1 is 1.15 bits per heavy atom. The van der Waals surface area contributed by atoms with Gasteiger partial charge in [0.05, 0.1) is 12.7 Å².